The first-order valence-corrected chi connectivity index (χ1v) is 6.74. The molecule has 0 unspecified atom stereocenters. The van der Waals surface area contributed by atoms with Crippen LogP contribution in [0.4, 0.5) is 0 Å². The number of halogens is 1. The molecule has 1 aliphatic rings. The first kappa shape index (κ1) is 13.4. The molecule has 18 heavy (non-hydrogen) atoms. The Morgan fingerprint density at radius 2 is 2.11 bits per heavy atom. The predicted octanol–water partition coefficient (Wildman–Crippen LogP) is 2.39. The quantitative estimate of drug-likeness (QED) is 0.836. The summed E-state index contributed by atoms with van der Waals surface area (Å²) in [7, 11) is 1.97. The minimum Gasteiger partial charge on any atom is -0.342 e. The summed E-state index contributed by atoms with van der Waals surface area (Å²) in [5.74, 6) is 0.233. The molecule has 0 spiro atoms. The summed E-state index contributed by atoms with van der Waals surface area (Å²) < 4.78 is 0. The lowest BCUT2D eigenvalue weighted by Crippen LogP contribution is -2.36. The maximum Gasteiger partial charge on any atom is 0.236 e. The third-order valence-electron chi connectivity index (χ3n) is 3.21. The molecule has 1 aromatic carbocycles. The van der Waals surface area contributed by atoms with Gasteiger partial charge in [0.2, 0.25) is 5.91 Å². The zero-order valence-corrected chi connectivity index (χ0v) is 11.5. The van der Waals surface area contributed by atoms with Crippen molar-refractivity contribution >= 4 is 17.5 Å². The number of hydrogen-bond acceptors (Lipinski definition) is 2. The fourth-order valence-electron chi connectivity index (χ4n) is 2.30. The van der Waals surface area contributed by atoms with Crippen molar-refractivity contribution in [2.24, 2.45) is 0 Å². The van der Waals surface area contributed by atoms with Crippen LogP contribution >= 0.6 is 11.6 Å². The third kappa shape index (κ3) is 3.72. The van der Waals surface area contributed by atoms with Crippen LogP contribution in [-0.4, -0.2) is 42.4 Å². The van der Waals surface area contributed by atoms with Crippen molar-refractivity contribution in [2.75, 3.05) is 26.7 Å². The second-order valence-corrected chi connectivity index (χ2v) is 5.33. The molecule has 0 aliphatic carbocycles. The fourth-order valence-corrected chi connectivity index (χ4v) is 2.51. The minimum absolute atomic E-state index is 0.233. The maximum atomic E-state index is 12.0. The fraction of sp³-hybridized carbons (Fsp3) is 0.500. The molecule has 0 N–H and O–H groups in total. The normalized spacial score (nSPS) is 15.4. The summed E-state index contributed by atoms with van der Waals surface area (Å²) in [6.45, 7) is 3.07. The SMILES string of the molecule is CN(CC(=O)N1CCCC1)Cc1cccc(Cl)c1. The van der Waals surface area contributed by atoms with Crippen LogP contribution in [0.25, 0.3) is 0 Å². The van der Waals surface area contributed by atoms with E-state index in [1.807, 2.05) is 41.1 Å². The van der Waals surface area contributed by atoms with Crippen molar-refractivity contribution in [3.63, 3.8) is 0 Å². The summed E-state index contributed by atoms with van der Waals surface area (Å²) >= 11 is 5.94. The number of nitrogens with zero attached hydrogens (tertiary/aromatic N) is 2. The Kier molecular flexibility index (Phi) is 4.61. The second kappa shape index (κ2) is 6.21. The Balaban J connectivity index is 1.84. The summed E-state index contributed by atoms with van der Waals surface area (Å²) in [5.41, 5.74) is 1.14. The molecule has 0 bridgehead atoms. The number of rotatable bonds is 4. The van der Waals surface area contributed by atoms with Gasteiger partial charge in [-0.1, -0.05) is 23.7 Å². The van der Waals surface area contributed by atoms with Gasteiger partial charge in [0.25, 0.3) is 0 Å². The van der Waals surface area contributed by atoms with Gasteiger partial charge in [0.05, 0.1) is 6.54 Å². The Labute approximate surface area is 113 Å². The highest BCUT2D eigenvalue weighted by Gasteiger charge is 2.18. The highest BCUT2D eigenvalue weighted by molar-refractivity contribution is 6.30. The minimum atomic E-state index is 0.233. The van der Waals surface area contributed by atoms with E-state index in [2.05, 4.69) is 0 Å². The smallest absolute Gasteiger partial charge is 0.236 e. The van der Waals surface area contributed by atoms with Gasteiger partial charge in [-0.2, -0.15) is 0 Å². The van der Waals surface area contributed by atoms with E-state index in [0.29, 0.717) is 6.54 Å². The maximum absolute atomic E-state index is 12.0. The number of carbonyl (C=O) groups is 1. The van der Waals surface area contributed by atoms with Gasteiger partial charge in [-0.3, -0.25) is 9.69 Å². The van der Waals surface area contributed by atoms with Gasteiger partial charge in [-0.25, -0.2) is 0 Å². The molecule has 0 radical (unpaired) electrons. The summed E-state index contributed by atoms with van der Waals surface area (Å²) in [6.07, 6.45) is 2.29. The molecular formula is C14H19ClN2O. The second-order valence-electron chi connectivity index (χ2n) is 4.89. The van der Waals surface area contributed by atoms with E-state index in [9.17, 15) is 4.79 Å². The van der Waals surface area contributed by atoms with E-state index in [-0.39, 0.29) is 5.91 Å². The molecule has 1 saturated heterocycles. The Bertz CT molecular complexity index is 416. The van der Waals surface area contributed by atoms with Crippen LogP contribution < -0.4 is 0 Å². The molecule has 2 rings (SSSR count). The number of likely N-dealkylation sites (tertiary alicyclic amines) is 1. The molecular weight excluding hydrogens is 248 g/mol. The molecule has 1 aromatic rings. The number of likely N-dealkylation sites (N-methyl/N-ethyl adjacent to an activating group) is 1. The Morgan fingerprint density at radius 3 is 2.78 bits per heavy atom. The van der Waals surface area contributed by atoms with Crippen LogP contribution in [0.5, 0.6) is 0 Å². The highest BCUT2D eigenvalue weighted by Crippen LogP contribution is 2.13. The summed E-state index contributed by atoms with van der Waals surface area (Å²) in [6, 6.07) is 7.77. The summed E-state index contributed by atoms with van der Waals surface area (Å²) in [5, 5.41) is 0.742. The van der Waals surface area contributed by atoms with Gasteiger partial charge in [0.1, 0.15) is 0 Å². The van der Waals surface area contributed by atoms with Gasteiger partial charge in [-0.15, -0.1) is 0 Å². The number of amides is 1. The lowest BCUT2D eigenvalue weighted by Gasteiger charge is -2.21. The molecule has 1 fully saturated rings. The highest BCUT2D eigenvalue weighted by atomic mass is 35.5. The van der Waals surface area contributed by atoms with E-state index < -0.39 is 0 Å². The van der Waals surface area contributed by atoms with Crippen molar-refractivity contribution in [2.45, 2.75) is 19.4 Å². The molecule has 3 nitrogen and oxygen atoms in total. The van der Waals surface area contributed by atoms with Crippen molar-refractivity contribution in [1.29, 1.82) is 0 Å². The van der Waals surface area contributed by atoms with E-state index >= 15 is 0 Å². The number of carbonyl (C=O) groups excluding carboxylic acids is 1. The van der Waals surface area contributed by atoms with Crippen LogP contribution in [0.1, 0.15) is 18.4 Å². The van der Waals surface area contributed by atoms with E-state index in [1.54, 1.807) is 0 Å². The molecule has 0 saturated carbocycles. The molecule has 1 aliphatic heterocycles. The first-order chi connectivity index (χ1) is 8.65. The van der Waals surface area contributed by atoms with Gasteiger partial charge in [0, 0.05) is 24.7 Å². The zero-order valence-electron chi connectivity index (χ0n) is 10.7. The molecule has 1 amide bonds. The van der Waals surface area contributed by atoms with Crippen molar-refractivity contribution in [3.05, 3.63) is 34.9 Å². The lowest BCUT2D eigenvalue weighted by molar-refractivity contribution is -0.131. The van der Waals surface area contributed by atoms with Crippen LogP contribution in [0, 0.1) is 0 Å². The molecule has 0 aromatic heterocycles. The molecule has 1 heterocycles. The third-order valence-corrected chi connectivity index (χ3v) is 3.44. The van der Waals surface area contributed by atoms with Crippen LogP contribution in [0.15, 0.2) is 24.3 Å². The monoisotopic (exact) mass is 266 g/mol. The van der Waals surface area contributed by atoms with Crippen molar-refractivity contribution in [1.82, 2.24) is 9.80 Å². The largest absolute Gasteiger partial charge is 0.342 e. The van der Waals surface area contributed by atoms with Crippen LogP contribution in [-0.2, 0) is 11.3 Å². The number of benzene rings is 1. The molecule has 4 heteroatoms. The Hall–Kier alpha value is -1.06. The van der Waals surface area contributed by atoms with E-state index in [1.165, 1.54) is 0 Å². The van der Waals surface area contributed by atoms with Gasteiger partial charge >= 0.3 is 0 Å². The average molecular weight is 267 g/mol. The average Bonchev–Trinajstić information content (AvgIpc) is 2.81. The standard InChI is InChI=1S/C14H19ClN2O/c1-16(10-12-5-4-6-13(15)9-12)11-14(18)17-7-2-3-8-17/h4-6,9H,2-3,7-8,10-11H2,1H3. The van der Waals surface area contributed by atoms with Crippen LogP contribution in [0.3, 0.4) is 0 Å². The topological polar surface area (TPSA) is 23.6 Å². The Morgan fingerprint density at radius 1 is 1.39 bits per heavy atom. The van der Waals surface area contributed by atoms with Gasteiger partial charge < -0.3 is 4.90 Å². The van der Waals surface area contributed by atoms with Crippen molar-refractivity contribution < 1.29 is 4.79 Å². The summed E-state index contributed by atoms with van der Waals surface area (Å²) in [4.78, 5) is 16.0. The molecule has 0 atom stereocenters. The van der Waals surface area contributed by atoms with Crippen LogP contribution in [0.2, 0.25) is 5.02 Å². The van der Waals surface area contributed by atoms with E-state index in [4.69, 9.17) is 11.6 Å². The number of hydrogen-bond donors (Lipinski definition) is 0. The predicted molar refractivity (Wildman–Crippen MR) is 73.6 cm³/mol. The lowest BCUT2D eigenvalue weighted by atomic mass is 10.2. The van der Waals surface area contributed by atoms with Crippen molar-refractivity contribution in [3.8, 4) is 0 Å². The van der Waals surface area contributed by atoms with E-state index in [0.717, 1.165) is 43.1 Å². The van der Waals surface area contributed by atoms with Gasteiger partial charge in [-0.05, 0) is 37.6 Å². The first-order valence-electron chi connectivity index (χ1n) is 6.36. The zero-order chi connectivity index (χ0) is 13.0. The molecule has 98 valence electrons. The van der Waals surface area contributed by atoms with Gasteiger partial charge in [0.15, 0.2) is 0 Å².